The van der Waals surface area contributed by atoms with Gasteiger partial charge in [-0.1, -0.05) is 13.0 Å². The zero-order valence-corrected chi connectivity index (χ0v) is 11.5. The molecule has 2 N–H and O–H groups in total. The Balaban J connectivity index is 2.20. The van der Waals surface area contributed by atoms with Gasteiger partial charge in [-0.25, -0.2) is 0 Å². The summed E-state index contributed by atoms with van der Waals surface area (Å²) in [5.41, 5.74) is 1.23. The number of rotatable bonds is 3. The molecule has 1 aromatic carbocycles. The van der Waals surface area contributed by atoms with Crippen molar-refractivity contribution in [3.63, 3.8) is 0 Å². The summed E-state index contributed by atoms with van der Waals surface area (Å²) in [6, 6.07) is 4.98. The molecular formula is C15H19NO4. The number of carbonyl (C=O) groups is 2. The minimum atomic E-state index is -0.867. The average Bonchev–Trinajstić information content (AvgIpc) is 2.47. The standard InChI is InChI=1S/C15H19NO4/c1-2-10-5-6-13(17)12(8-10)14(18)16-7-3-4-11(9-16)15(19)20/h5-6,8,11,17H,2-4,7,9H2,1H3,(H,19,20). The van der Waals surface area contributed by atoms with E-state index in [1.807, 2.05) is 6.92 Å². The summed E-state index contributed by atoms with van der Waals surface area (Å²) in [7, 11) is 0. The number of nitrogens with zero attached hydrogens (tertiary/aromatic N) is 1. The second-order valence-electron chi connectivity index (χ2n) is 5.13. The normalized spacial score (nSPS) is 18.9. The Hall–Kier alpha value is -2.04. The van der Waals surface area contributed by atoms with E-state index in [1.165, 1.54) is 11.0 Å². The predicted octanol–water partition coefficient (Wildman–Crippen LogP) is 1.89. The summed E-state index contributed by atoms with van der Waals surface area (Å²) in [5.74, 6) is -1.72. The highest BCUT2D eigenvalue weighted by Crippen LogP contribution is 2.24. The molecule has 0 aliphatic carbocycles. The van der Waals surface area contributed by atoms with Gasteiger partial charge in [0.2, 0.25) is 0 Å². The molecule has 0 bridgehead atoms. The third-order valence-corrected chi connectivity index (χ3v) is 3.76. The van der Waals surface area contributed by atoms with Crippen molar-refractivity contribution in [1.29, 1.82) is 0 Å². The molecule has 1 aliphatic rings. The quantitative estimate of drug-likeness (QED) is 0.884. The van der Waals surface area contributed by atoms with Crippen molar-refractivity contribution in [2.45, 2.75) is 26.2 Å². The number of piperidine rings is 1. The molecule has 5 heteroatoms. The van der Waals surface area contributed by atoms with Gasteiger partial charge in [0, 0.05) is 13.1 Å². The molecule has 1 heterocycles. The van der Waals surface area contributed by atoms with Gasteiger partial charge in [0.05, 0.1) is 11.5 Å². The zero-order valence-electron chi connectivity index (χ0n) is 11.5. The molecule has 20 heavy (non-hydrogen) atoms. The van der Waals surface area contributed by atoms with Gasteiger partial charge in [-0.05, 0) is 37.0 Å². The Morgan fingerprint density at radius 2 is 2.15 bits per heavy atom. The van der Waals surface area contributed by atoms with Crippen molar-refractivity contribution in [2.24, 2.45) is 5.92 Å². The fraction of sp³-hybridized carbons (Fsp3) is 0.467. The lowest BCUT2D eigenvalue weighted by Crippen LogP contribution is -2.42. The molecular weight excluding hydrogens is 258 g/mol. The molecule has 1 unspecified atom stereocenters. The summed E-state index contributed by atoms with van der Waals surface area (Å²) in [5, 5.41) is 18.9. The fourth-order valence-electron chi connectivity index (χ4n) is 2.51. The van der Waals surface area contributed by atoms with Crippen molar-refractivity contribution in [3.8, 4) is 5.75 Å². The van der Waals surface area contributed by atoms with Crippen molar-refractivity contribution in [3.05, 3.63) is 29.3 Å². The third-order valence-electron chi connectivity index (χ3n) is 3.76. The van der Waals surface area contributed by atoms with Gasteiger partial charge in [-0.3, -0.25) is 9.59 Å². The molecule has 1 atom stereocenters. The van der Waals surface area contributed by atoms with Crippen LogP contribution < -0.4 is 0 Å². The second kappa shape index (κ2) is 5.94. The number of aromatic hydroxyl groups is 1. The number of likely N-dealkylation sites (tertiary alicyclic amines) is 1. The van der Waals surface area contributed by atoms with Crippen molar-refractivity contribution < 1.29 is 19.8 Å². The Morgan fingerprint density at radius 1 is 1.40 bits per heavy atom. The molecule has 0 radical (unpaired) electrons. The number of carboxylic acid groups (broad SMARTS) is 1. The molecule has 1 aromatic rings. The number of carboxylic acids is 1. The van der Waals surface area contributed by atoms with E-state index in [2.05, 4.69) is 0 Å². The number of aryl methyl sites for hydroxylation is 1. The lowest BCUT2D eigenvalue weighted by molar-refractivity contribution is -0.143. The first-order valence-electron chi connectivity index (χ1n) is 6.87. The van der Waals surface area contributed by atoms with E-state index >= 15 is 0 Å². The topological polar surface area (TPSA) is 77.8 Å². The van der Waals surface area contributed by atoms with Gasteiger partial charge in [-0.2, -0.15) is 0 Å². The Kier molecular flexibility index (Phi) is 4.27. The minimum absolute atomic E-state index is 0.0513. The van der Waals surface area contributed by atoms with Crippen LogP contribution in [0.3, 0.4) is 0 Å². The van der Waals surface area contributed by atoms with Crippen LogP contribution in [0.2, 0.25) is 0 Å². The number of amides is 1. The Bertz CT molecular complexity index is 527. The summed E-state index contributed by atoms with van der Waals surface area (Å²) in [4.78, 5) is 25.0. The van der Waals surface area contributed by atoms with E-state index < -0.39 is 11.9 Å². The van der Waals surface area contributed by atoms with E-state index in [9.17, 15) is 14.7 Å². The van der Waals surface area contributed by atoms with Gasteiger partial charge in [0.1, 0.15) is 5.75 Å². The maximum absolute atomic E-state index is 12.4. The van der Waals surface area contributed by atoms with E-state index in [0.29, 0.717) is 19.4 Å². The van der Waals surface area contributed by atoms with Crippen LogP contribution in [0.1, 0.15) is 35.7 Å². The molecule has 1 fully saturated rings. The summed E-state index contributed by atoms with van der Waals surface area (Å²) < 4.78 is 0. The largest absolute Gasteiger partial charge is 0.507 e. The predicted molar refractivity (Wildman–Crippen MR) is 73.7 cm³/mol. The maximum Gasteiger partial charge on any atom is 0.308 e. The van der Waals surface area contributed by atoms with Gasteiger partial charge in [0.25, 0.3) is 5.91 Å². The lowest BCUT2D eigenvalue weighted by atomic mass is 9.97. The first kappa shape index (κ1) is 14.4. The minimum Gasteiger partial charge on any atom is -0.507 e. The smallest absolute Gasteiger partial charge is 0.308 e. The summed E-state index contributed by atoms with van der Waals surface area (Å²) in [6.45, 7) is 2.73. The van der Waals surface area contributed by atoms with Crippen LogP contribution in [-0.2, 0) is 11.2 Å². The van der Waals surface area contributed by atoms with Gasteiger partial charge < -0.3 is 15.1 Å². The molecule has 0 spiro atoms. The van der Waals surface area contributed by atoms with Crippen molar-refractivity contribution >= 4 is 11.9 Å². The van der Waals surface area contributed by atoms with E-state index in [0.717, 1.165) is 12.0 Å². The Labute approximate surface area is 117 Å². The van der Waals surface area contributed by atoms with Crippen molar-refractivity contribution in [1.82, 2.24) is 4.90 Å². The molecule has 5 nitrogen and oxygen atoms in total. The molecule has 2 rings (SSSR count). The first-order valence-corrected chi connectivity index (χ1v) is 6.87. The number of phenols is 1. The molecule has 0 saturated carbocycles. The molecule has 108 valence electrons. The first-order chi connectivity index (χ1) is 9.52. The number of hydrogen-bond acceptors (Lipinski definition) is 3. The monoisotopic (exact) mass is 277 g/mol. The van der Waals surface area contributed by atoms with Gasteiger partial charge in [-0.15, -0.1) is 0 Å². The van der Waals surface area contributed by atoms with Crippen LogP contribution in [0.15, 0.2) is 18.2 Å². The van der Waals surface area contributed by atoms with Gasteiger partial charge in [0.15, 0.2) is 0 Å². The van der Waals surface area contributed by atoms with E-state index in [1.54, 1.807) is 12.1 Å². The number of phenolic OH excluding ortho intramolecular Hbond substituents is 1. The van der Waals surface area contributed by atoms with Crippen LogP contribution in [0, 0.1) is 5.92 Å². The number of hydrogen-bond donors (Lipinski definition) is 2. The molecule has 1 amide bonds. The van der Waals surface area contributed by atoms with Crippen LogP contribution >= 0.6 is 0 Å². The zero-order chi connectivity index (χ0) is 14.7. The highest BCUT2D eigenvalue weighted by molar-refractivity contribution is 5.97. The second-order valence-corrected chi connectivity index (χ2v) is 5.13. The maximum atomic E-state index is 12.4. The number of benzene rings is 1. The SMILES string of the molecule is CCc1ccc(O)c(C(=O)N2CCCC(C(=O)O)C2)c1. The average molecular weight is 277 g/mol. The summed E-state index contributed by atoms with van der Waals surface area (Å²) in [6.07, 6.45) is 2.05. The Morgan fingerprint density at radius 3 is 2.80 bits per heavy atom. The van der Waals surface area contributed by atoms with Crippen LogP contribution in [0.5, 0.6) is 5.75 Å². The van der Waals surface area contributed by atoms with Gasteiger partial charge >= 0.3 is 5.97 Å². The van der Waals surface area contributed by atoms with Crippen LogP contribution in [-0.4, -0.2) is 40.1 Å². The third kappa shape index (κ3) is 2.92. The lowest BCUT2D eigenvalue weighted by Gasteiger charge is -2.31. The highest BCUT2D eigenvalue weighted by atomic mass is 16.4. The number of carbonyl (C=O) groups excluding carboxylic acids is 1. The van der Waals surface area contributed by atoms with Crippen LogP contribution in [0.4, 0.5) is 0 Å². The molecule has 0 aromatic heterocycles. The van der Waals surface area contributed by atoms with E-state index in [-0.39, 0.29) is 23.8 Å². The van der Waals surface area contributed by atoms with Crippen molar-refractivity contribution in [2.75, 3.05) is 13.1 Å². The van der Waals surface area contributed by atoms with E-state index in [4.69, 9.17) is 5.11 Å². The molecule has 1 saturated heterocycles. The summed E-state index contributed by atoms with van der Waals surface area (Å²) >= 11 is 0. The van der Waals surface area contributed by atoms with Crippen LogP contribution in [0.25, 0.3) is 0 Å². The fourth-order valence-corrected chi connectivity index (χ4v) is 2.51. The molecule has 1 aliphatic heterocycles. The highest BCUT2D eigenvalue weighted by Gasteiger charge is 2.29. The number of aliphatic carboxylic acids is 1.